The van der Waals surface area contributed by atoms with Gasteiger partial charge in [0.25, 0.3) is 0 Å². The van der Waals surface area contributed by atoms with Crippen molar-refractivity contribution in [3.05, 3.63) is 64.9 Å². The van der Waals surface area contributed by atoms with Crippen molar-refractivity contribution >= 4 is 27.5 Å². The Labute approximate surface area is 144 Å². The standard InChI is InChI=1S/C16H16ClFN2O3S/c1-11(16(21)19-10-12-3-2-4-13(17)9-12)20-24(22,23)15-7-5-14(18)6-8-15/h2-9,11,20H,10H2,1H3,(H,19,21)/t11-/m0/s1. The first-order chi connectivity index (χ1) is 11.3. The largest absolute Gasteiger partial charge is 0.351 e. The highest BCUT2D eigenvalue weighted by Crippen LogP contribution is 2.11. The Balaban J connectivity index is 1.96. The van der Waals surface area contributed by atoms with Gasteiger partial charge in [0.2, 0.25) is 15.9 Å². The van der Waals surface area contributed by atoms with Crippen molar-refractivity contribution in [2.24, 2.45) is 0 Å². The maximum absolute atomic E-state index is 12.9. The molecule has 128 valence electrons. The van der Waals surface area contributed by atoms with Crippen LogP contribution in [0.5, 0.6) is 0 Å². The SMILES string of the molecule is C[C@H](NS(=O)(=O)c1ccc(F)cc1)C(=O)NCc1cccc(Cl)c1. The van der Waals surface area contributed by atoms with Gasteiger partial charge in [-0.15, -0.1) is 0 Å². The molecule has 2 rings (SSSR count). The van der Waals surface area contributed by atoms with Crippen LogP contribution in [0.1, 0.15) is 12.5 Å². The zero-order valence-electron chi connectivity index (χ0n) is 12.8. The normalized spacial score (nSPS) is 12.6. The molecule has 0 spiro atoms. The molecule has 0 heterocycles. The number of halogens is 2. The molecule has 0 unspecified atom stereocenters. The Bertz CT molecular complexity index is 825. The second-order valence-corrected chi connectivity index (χ2v) is 7.30. The Morgan fingerprint density at radius 3 is 2.50 bits per heavy atom. The number of hydrogen-bond acceptors (Lipinski definition) is 3. The summed E-state index contributed by atoms with van der Waals surface area (Å²) in [6.45, 7) is 1.65. The van der Waals surface area contributed by atoms with E-state index in [0.717, 1.165) is 29.8 Å². The molecule has 0 saturated carbocycles. The van der Waals surface area contributed by atoms with Crippen LogP contribution in [-0.4, -0.2) is 20.4 Å². The van der Waals surface area contributed by atoms with Gasteiger partial charge in [0.15, 0.2) is 0 Å². The minimum Gasteiger partial charge on any atom is -0.351 e. The zero-order valence-corrected chi connectivity index (χ0v) is 14.4. The van der Waals surface area contributed by atoms with E-state index in [-0.39, 0.29) is 11.4 Å². The van der Waals surface area contributed by atoms with Crippen LogP contribution in [0.3, 0.4) is 0 Å². The maximum Gasteiger partial charge on any atom is 0.241 e. The van der Waals surface area contributed by atoms with Crippen molar-refractivity contribution in [2.45, 2.75) is 24.4 Å². The van der Waals surface area contributed by atoms with Gasteiger partial charge in [-0.2, -0.15) is 4.72 Å². The number of sulfonamides is 1. The molecule has 2 aromatic rings. The molecular weight excluding hydrogens is 355 g/mol. The number of carbonyl (C=O) groups is 1. The molecule has 0 aliphatic rings. The van der Waals surface area contributed by atoms with Gasteiger partial charge in [0.05, 0.1) is 10.9 Å². The summed E-state index contributed by atoms with van der Waals surface area (Å²) in [4.78, 5) is 11.9. The molecule has 2 aromatic carbocycles. The van der Waals surface area contributed by atoms with E-state index < -0.39 is 27.8 Å². The second-order valence-electron chi connectivity index (χ2n) is 5.14. The number of hydrogen-bond donors (Lipinski definition) is 2. The molecule has 0 bridgehead atoms. The van der Waals surface area contributed by atoms with Gasteiger partial charge >= 0.3 is 0 Å². The maximum atomic E-state index is 12.9. The molecule has 0 fully saturated rings. The van der Waals surface area contributed by atoms with Gasteiger partial charge in [-0.05, 0) is 48.9 Å². The molecule has 1 atom stereocenters. The molecule has 0 aromatic heterocycles. The van der Waals surface area contributed by atoms with Crippen molar-refractivity contribution in [3.63, 3.8) is 0 Å². The smallest absolute Gasteiger partial charge is 0.241 e. The third kappa shape index (κ3) is 5.02. The van der Waals surface area contributed by atoms with E-state index in [1.807, 2.05) is 0 Å². The van der Waals surface area contributed by atoms with E-state index in [1.54, 1.807) is 24.3 Å². The third-order valence-corrected chi connectivity index (χ3v) is 5.00. The number of rotatable bonds is 6. The lowest BCUT2D eigenvalue weighted by Gasteiger charge is -2.14. The minimum absolute atomic E-state index is 0.113. The van der Waals surface area contributed by atoms with E-state index >= 15 is 0 Å². The Morgan fingerprint density at radius 2 is 1.88 bits per heavy atom. The van der Waals surface area contributed by atoms with Gasteiger partial charge in [-0.25, -0.2) is 12.8 Å². The van der Waals surface area contributed by atoms with E-state index in [1.165, 1.54) is 6.92 Å². The fraction of sp³-hybridized carbons (Fsp3) is 0.188. The summed E-state index contributed by atoms with van der Waals surface area (Å²) < 4.78 is 39.4. The first kappa shape index (κ1) is 18.4. The predicted octanol–water partition coefficient (Wildman–Crippen LogP) is 2.46. The van der Waals surface area contributed by atoms with Crippen LogP contribution in [0, 0.1) is 5.82 Å². The minimum atomic E-state index is -3.91. The molecule has 24 heavy (non-hydrogen) atoms. The van der Waals surface area contributed by atoms with Crippen LogP contribution in [0.15, 0.2) is 53.4 Å². The number of nitrogens with one attached hydrogen (secondary N) is 2. The van der Waals surface area contributed by atoms with E-state index in [9.17, 15) is 17.6 Å². The van der Waals surface area contributed by atoms with Crippen molar-refractivity contribution in [3.8, 4) is 0 Å². The number of amides is 1. The molecule has 8 heteroatoms. The number of benzene rings is 2. The van der Waals surface area contributed by atoms with E-state index in [2.05, 4.69) is 10.0 Å². The van der Waals surface area contributed by atoms with Crippen LogP contribution in [0.4, 0.5) is 4.39 Å². The van der Waals surface area contributed by atoms with Crippen LogP contribution in [0.2, 0.25) is 5.02 Å². The van der Waals surface area contributed by atoms with Gasteiger partial charge < -0.3 is 5.32 Å². The summed E-state index contributed by atoms with van der Waals surface area (Å²) in [5.41, 5.74) is 0.796. The topological polar surface area (TPSA) is 75.3 Å². The molecule has 0 saturated heterocycles. The van der Waals surface area contributed by atoms with E-state index in [4.69, 9.17) is 11.6 Å². The average Bonchev–Trinajstić information content (AvgIpc) is 2.52. The first-order valence-corrected chi connectivity index (χ1v) is 8.94. The summed E-state index contributed by atoms with van der Waals surface area (Å²) in [5, 5.41) is 3.17. The fourth-order valence-corrected chi connectivity index (χ4v) is 3.37. The summed E-state index contributed by atoms with van der Waals surface area (Å²) >= 11 is 5.86. The summed E-state index contributed by atoms with van der Waals surface area (Å²) in [6.07, 6.45) is 0. The summed E-state index contributed by atoms with van der Waals surface area (Å²) in [5.74, 6) is -1.03. The summed E-state index contributed by atoms with van der Waals surface area (Å²) in [6, 6.07) is 10.3. The van der Waals surface area contributed by atoms with Crippen molar-refractivity contribution in [2.75, 3.05) is 0 Å². The Hall–Kier alpha value is -1.96. The molecule has 5 nitrogen and oxygen atoms in total. The highest BCUT2D eigenvalue weighted by atomic mass is 35.5. The second kappa shape index (κ2) is 7.74. The molecule has 2 N–H and O–H groups in total. The fourth-order valence-electron chi connectivity index (χ4n) is 1.96. The van der Waals surface area contributed by atoms with Gasteiger partial charge in [-0.3, -0.25) is 4.79 Å². The van der Waals surface area contributed by atoms with Crippen LogP contribution >= 0.6 is 11.6 Å². The first-order valence-electron chi connectivity index (χ1n) is 7.08. The molecule has 0 aliphatic carbocycles. The monoisotopic (exact) mass is 370 g/mol. The van der Waals surface area contributed by atoms with Crippen molar-refractivity contribution in [1.82, 2.24) is 10.0 Å². The van der Waals surface area contributed by atoms with Crippen molar-refractivity contribution in [1.29, 1.82) is 0 Å². The lowest BCUT2D eigenvalue weighted by atomic mass is 10.2. The quantitative estimate of drug-likeness (QED) is 0.820. The molecule has 1 amide bonds. The van der Waals surface area contributed by atoms with Gasteiger partial charge in [-0.1, -0.05) is 23.7 Å². The molecular formula is C16H16ClFN2O3S. The molecule has 0 aliphatic heterocycles. The highest BCUT2D eigenvalue weighted by Gasteiger charge is 2.21. The lowest BCUT2D eigenvalue weighted by Crippen LogP contribution is -2.44. The van der Waals surface area contributed by atoms with Crippen molar-refractivity contribution < 1.29 is 17.6 Å². The van der Waals surface area contributed by atoms with Crippen LogP contribution in [-0.2, 0) is 21.4 Å². The van der Waals surface area contributed by atoms with Crippen LogP contribution in [0.25, 0.3) is 0 Å². The average molecular weight is 371 g/mol. The predicted molar refractivity (Wildman–Crippen MR) is 89.5 cm³/mol. The lowest BCUT2D eigenvalue weighted by molar-refractivity contribution is -0.122. The highest BCUT2D eigenvalue weighted by molar-refractivity contribution is 7.89. The molecule has 0 radical (unpaired) electrons. The van der Waals surface area contributed by atoms with Crippen LogP contribution < -0.4 is 10.0 Å². The number of carbonyl (C=O) groups excluding carboxylic acids is 1. The van der Waals surface area contributed by atoms with Gasteiger partial charge in [0, 0.05) is 11.6 Å². The third-order valence-electron chi connectivity index (χ3n) is 3.20. The Kier molecular flexibility index (Phi) is 5.93. The summed E-state index contributed by atoms with van der Waals surface area (Å²) in [7, 11) is -3.91. The van der Waals surface area contributed by atoms with E-state index in [0.29, 0.717) is 5.02 Å². The Morgan fingerprint density at radius 1 is 1.21 bits per heavy atom. The van der Waals surface area contributed by atoms with Gasteiger partial charge in [0.1, 0.15) is 5.82 Å². The zero-order chi connectivity index (χ0) is 17.7.